The predicted molar refractivity (Wildman–Crippen MR) is 239 cm³/mol. The van der Waals surface area contributed by atoms with Gasteiger partial charge in [0.05, 0.1) is 23.7 Å². The summed E-state index contributed by atoms with van der Waals surface area (Å²) in [4.78, 5) is 25.8. The third kappa shape index (κ3) is 11.4. The summed E-state index contributed by atoms with van der Waals surface area (Å²) >= 11 is 0. The molecule has 0 aliphatic carbocycles. The van der Waals surface area contributed by atoms with Crippen molar-refractivity contribution in [2.75, 3.05) is 35.6 Å². The molecule has 0 saturated carbocycles. The molecule has 0 spiro atoms. The van der Waals surface area contributed by atoms with Crippen LogP contribution in [0.15, 0.2) is 182 Å². The molecule has 298 valence electrons. The molecule has 0 unspecified atom stereocenters. The first-order valence-electron chi connectivity index (χ1n) is 19.1. The smallest absolute Gasteiger partial charge is 0.343 e. The lowest BCUT2D eigenvalue weighted by Gasteiger charge is -2.10. The van der Waals surface area contributed by atoms with Crippen LogP contribution in [-0.2, 0) is 9.47 Å². The summed E-state index contributed by atoms with van der Waals surface area (Å²) in [5.74, 6) is -0.168. The van der Waals surface area contributed by atoms with Crippen LogP contribution in [0.1, 0.15) is 31.8 Å². The number of carbonyl (C=O) groups excluding carboxylic acids is 2. The van der Waals surface area contributed by atoms with Crippen LogP contribution < -0.4 is 31.6 Å². The second-order valence-electron chi connectivity index (χ2n) is 13.5. The van der Waals surface area contributed by atoms with Gasteiger partial charge in [-0.25, -0.2) is 9.59 Å². The Labute approximate surface area is 348 Å². The number of ether oxygens (including phenoxy) is 4. The van der Waals surface area contributed by atoms with Crippen molar-refractivity contribution in [3.63, 3.8) is 0 Å². The molecule has 0 aromatic heterocycles. The van der Waals surface area contributed by atoms with Crippen LogP contribution in [0.4, 0.5) is 22.7 Å². The van der Waals surface area contributed by atoms with Gasteiger partial charge >= 0.3 is 11.9 Å². The van der Waals surface area contributed by atoms with Crippen molar-refractivity contribution in [1.82, 2.24) is 0 Å². The number of esters is 2. The summed E-state index contributed by atoms with van der Waals surface area (Å²) < 4.78 is 22.5. The third-order valence-electron chi connectivity index (χ3n) is 9.10. The molecular formula is C50H42N4O6. The lowest BCUT2D eigenvalue weighted by molar-refractivity contribution is 0.0725. The van der Waals surface area contributed by atoms with Gasteiger partial charge in [0.25, 0.3) is 0 Å². The van der Waals surface area contributed by atoms with Crippen LogP contribution in [0.5, 0.6) is 11.5 Å². The Kier molecular flexibility index (Phi) is 13.2. The van der Waals surface area contributed by atoms with Gasteiger partial charge in [-0.3, -0.25) is 0 Å². The van der Waals surface area contributed by atoms with E-state index >= 15 is 0 Å². The summed E-state index contributed by atoms with van der Waals surface area (Å²) in [6.07, 6.45) is 6.83. The SMILES string of the molecule is Nc1cc(NCOC=Cc2ccc(C=COCNc3cc(N)cc(C(=O)Oc4ccc(-c5ccccc5)cc4)c3)cc2)cc(C(=O)Oc2ccc(-c3ccccc3)cc2)c1. The van der Waals surface area contributed by atoms with Crippen LogP contribution in [0, 0.1) is 0 Å². The Balaban J connectivity index is 0.818. The van der Waals surface area contributed by atoms with Gasteiger partial charge < -0.3 is 41.0 Å². The predicted octanol–water partition coefficient (Wildman–Crippen LogP) is 10.7. The average Bonchev–Trinajstić information content (AvgIpc) is 3.27. The molecule has 7 aromatic carbocycles. The fourth-order valence-corrected chi connectivity index (χ4v) is 6.08. The maximum absolute atomic E-state index is 12.9. The number of rotatable bonds is 16. The van der Waals surface area contributed by atoms with E-state index in [1.807, 2.05) is 121 Å². The van der Waals surface area contributed by atoms with Gasteiger partial charge in [0.15, 0.2) is 13.5 Å². The molecular weight excluding hydrogens is 753 g/mol. The first kappa shape index (κ1) is 40.0. The largest absolute Gasteiger partial charge is 0.481 e. The quantitative estimate of drug-likeness (QED) is 0.0186. The van der Waals surface area contributed by atoms with Gasteiger partial charge in [-0.05, 0) is 106 Å². The highest BCUT2D eigenvalue weighted by Gasteiger charge is 2.13. The molecule has 0 amide bonds. The molecule has 6 N–H and O–H groups in total. The van der Waals surface area contributed by atoms with Crippen molar-refractivity contribution in [3.8, 4) is 33.8 Å². The first-order valence-corrected chi connectivity index (χ1v) is 19.1. The van der Waals surface area contributed by atoms with E-state index in [-0.39, 0.29) is 13.5 Å². The number of anilines is 4. The molecule has 10 nitrogen and oxygen atoms in total. The number of hydrogen-bond donors (Lipinski definition) is 4. The molecule has 7 aromatic rings. The maximum atomic E-state index is 12.9. The molecule has 0 bridgehead atoms. The van der Waals surface area contributed by atoms with E-state index in [1.54, 1.807) is 73.2 Å². The molecule has 0 aliphatic heterocycles. The van der Waals surface area contributed by atoms with Crippen molar-refractivity contribution in [1.29, 1.82) is 0 Å². The van der Waals surface area contributed by atoms with Gasteiger partial charge in [0, 0.05) is 22.7 Å². The number of nitrogens with two attached hydrogens (primary N) is 2. The molecule has 0 heterocycles. The van der Waals surface area contributed by atoms with E-state index < -0.39 is 11.9 Å². The standard InChI is InChI=1S/C50H42N4O6/c51-43-27-41(49(55)59-47-19-15-39(16-20-47)37-7-3-1-4-8-37)29-45(31-43)53-33-57-25-23-35-11-13-36(14-12-35)24-26-58-34-54-46-30-42(28-44(52)32-46)50(56)60-48-21-17-40(18-22-48)38-9-5-2-6-10-38/h1-32,53-54H,33-34,51-52H2. The minimum absolute atomic E-state index is 0.145. The van der Waals surface area contributed by atoms with Crippen molar-refractivity contribution >= 4 is 46.8 Å². The van der Waals surface area contributed by atoms with Crippen LogP contribution in [0.2, 0.25) is 0 Å². The number of nitrogens with one attached hydrogen (secondary N) is 2. The normalized spacial score (nSPS) is 10.9. The van der Waals surface area contributed by atoms with Gasteiger partial charge in [-0.1, -0.05) is 109 Å². The van der Waals surface area contributed by atoms with E-state index in [9.17, 15) is 9.59 Å². The zero-order valence-electron chi connectivity index (χ0n) is 32.5. The lowest BCUT2D eigenvalue weighted by atomic mass is 10.1. The van der Waals surface area contributed by atoms with Crippen LogP contribution >= 0.6 is 0 Å². The summed E-state index contributed by atoms with van der Waals surface area (Å²) in [6.45, 7) is 0.291. The van der Waals surface area contributed by atoms with E-state index in [4.69, 9.17) is 30.4 Å². The van der Waals surface area contributed by atoms with Crippen molar-refractivity contribution in [3.05, 3.63) is 205 Å². The van der Waals surface area contributed by atoms with Crippen LogP contribution in [-0.4, -0.2) is 25.4 Å². The van der Waals surface area contributed by atoms with E-state index in [2.05, 4.69) is 10.6 Å². The van der Waals surface area contributed by atoms with E-state index in [0.717, 1.165) is 33.4 Å². The number of hydrogen-bond acceptors (Lipinski definition) is 10. The Hall–Kier alpha value is -8.24. The number of nitrogen functional groups attached to an aromatic ring is 2. The number of benzene rings is 7. The van der Waals surface area contributed by atoms with Gasteiger partial charge in [0.1, 0.15) is 11.5 Å². The molecule has 0 aliphatic rings. The topological polar surface area (TPSA) is 147 Å². The van der Waals surface area contributed by atoms with Gasteiger partial charge in [0.2, 0.25) is 0 Å². The summed E-state index contributed by atoms with van der Waals surface area (Å²) in [7, 11) is 0. The monoisotopic (exact) mass is 794 g/mol. The molecule has 10 heteroatoms. The maximum Gasteiger partial charge on any atom is 0.343 e. The molecule has 60 heavy (non-hydrogen) atoms. The molecule has 0 fully saturated rings. The molecule has 7 rings (SSSR count). The molecule has 0 atom stereocenters. The van der Waals surface area contributed by atoms with Gasteiger partial charge in [-0.2, -0.15) is 0 Å². The number of carbonyl (C=O) groups is 2. The zero-order valence-corrected chi connectivity index (χ0v) is 32.5. The van der Waals surface area contributed by atoms with Crippen LogP contribution in [0.25, 0.3) is 34.4 Å². The highest BCUT2D eigenvalue weighted by Crippen LogP contribution is 2.26. The van der Waals surface area contributed by atoms with E-state index in [0.29, 0.717) is 45.4 Å². The highest BCUT2D eigenvalue weighted by atomic mass is 16.5. The average molecular weight is 795 g/mol. The minimum atomic E-state index is -0.519. The fraction of sp³-hybridized carbons (Fsp3) is 0.0400. The second kappa shape index (κ2) is 19.8. The lowest BCUT2D eigenvalue weighted by Crippen LogP contribution is -2.10. The van der Waals surface area contributed by atoms with Crippen LogP contribution in [0.3, 0.4) is 0 Å². The Morgan fingerprint density at radius 3 is 1.20 bits per heavy atom. The van der Waals surface area contributed by atoms with Crippen molar-refractivity contribution in [2.24, 2.45) is 0 Å². The van der Waals surface area contributed by atoms with Crippen molar-refractivity contribution < 1.29 is 28.5 Å². The first-order chi connectivity index (χ1) is 29.3. The minimum Gasteiger partial charge on any atom is -0.481 e. The second-order valence-corrected chi connectivity index (χ2v) is 13.5. The summed E-state index contributed by atoms with van der Waals surface area (Å²) in [6, 6.07) is 52.3. The third-order valence-corrected chi connectivity index (χ3v) is 9.10. The molecule has 0 saturated heterocycles. The Morgan fingerprint density at radius 1 is 0.450 bits per heavy atom. The highest BCUT2D eigenvalue weighted by molar-refractivity contribution is 5.94. The van der Waals surface area contributed by atoms with Crippen molar-refractivity contribution in [2.45, 2.75) is 0 Å². The van der Waals surface area contributed by atoms with E-state index in [1.165, 1.54) is 0 Å². The summed E-state index contributed by atoms with van der Waals surface area (Å²) in [5, 5.41) is 6.24. The Bertz CT molecular complexity index is 2400. The van der Waals surface area contributed by atoms with Gasteiger partial charge in [-0.15, -0.1) is 0 Å². The summed E-state index contributed by atoms with van der Waals surface area (Å²) in [5.41, 5.74) is 20.9. The molecule has 0 radical (unpaired) electrons. The fourth-order valence-electron chi connectivity index (χ4n) is 6.08. The Morgan fingerprint density at radius 2 is 0.817 bits per heavy atom. The zero-order chi connectivity index (χ0) is 41.5.